The zero-order valence-electron chi connectivity index (χ0n) is 15.5. The van der Waals surface area contributed by atoms with Crippen LogP contribution < -0.4 is 9.64 Å². The summed E-state index contributed by atoms with van der Waals surface area (Å²) >= 11 is 0. The van der Waals surface area contributed by atoms with Crippen LogP contribution in [0.1, 0.15) is 16.8 Å². The SMILES string of the molecule is O=C(COc1ccccc1N1C(=O)[C@@H]2[C@H](C1=O)[C@H]1C=C[C@H]2C1)c1ccc(F)cc1. The highest BCUT2D eigenvalue weighted by atomic mass is 19.1. The van der Waals surface area contributed by atoms with E-state index in [1.54, 1.807) is 24.3 Å². The van der Waals surface area contributed by atoms with Gasteiger partial charge in [-0.3, -0.25) is 14.4 Å². The first-order valence-corrected chi connectivity index (χ1v) is 9.61. The van der Waals surface area contributed by atoms with Crippen molar-refractivity contribution in [2.24, 2.45) is 23.7 Å². The van der Waals surface area contributed by atoms with Crippen LogP contribution in [0.4, 0.5) is 10.1 Å². The summed E-state index contributed by atoms with van der Waals surface area (Å²) in [5, 5.41) is 0. The van der Waals surface area contributed by atoms with Crippen molar-refractivity contribution in [3.8, 4) is 5.75 Å². The number of allylic oxidation sites excluding steroid dienone is 2. The predicted octanol–water partition coefficient (Wildman–Crippen LogP) is 3.40. The second-order valence-corrected chi connectivity index (χ2v) is 7.70. The number of halogens is 1. The maximum absolute atomic E-state index is 13.0. The molecule has 146 valence electrons. The number of fused-ring (bicyclic) bond motifs is 5. The molecule has 5 rings (SSSR count). The van der Waals surface area contributed by atoms with E-state index < -0.39 is 5.82 Å². The highest BCUT2D eigenvalue weighted by Gasteiger charge is 2.59. The lowest BCUT2D eigenvalue weighted by atomic mass is 9.85. The number of carbonyl (C=O) groups excluding carboxylic acids is 3. The normalized spacial score (nSPS) is 26.9. The number of hydrogen-bond acceptors (Lipinski definition) is 4. The van der Waals surface area contributed by atoms with Crippen LogP contribution >= 0.6 is 0 Å². The van der Waals surface area contributed by atoms with Crippen LogP contribution in [0, 0.1) is 29.5 Å². The number of carbonyl (C=O) groups is 3. The molecule has 1 saturated carbocycles. The molecule has 1 aliphatic heterocycles. The minimum absolute atomic E-state index is 0.125. The first-order valence-electron chi connectivity index (χ1n) is 9.61. The molecule has 3 aliphatic rings. The first kappa shape index (κ1) is 17.8. The van der Waals surface area contributed by atoms with E-state index in [2.05, 4.69) is 0 Å². The standard InChI is InChI=1S/C23H18FNO4/c24-16-9-7-13(8-10-16)18(26)12-29-19-4-2-1-3-17(19)25-22(27)20-14-5-6-15(11-14)21(20)23(25)28/h1-10,14-15,20-21H,11-12H2/t14-,15-,20-,21+/m0/s1. The summed E-state index contributed by atoms with van der Waals surface area (Å²) < 4.78 is 18.7. The van der Waals surface area contributed by atoms with Crippen molar-refractivity contribution in [3.05, 3.63) is 72.1 Å². The Kier molecular flexibility index (Phi) is 4.08. The number of anilines is 1. The van der Waals surface area contributed by atoms with Crippen molar-refractivity contribution < 1.29 is 23.5 Å². The van der Waals surface area contributed by atoms with Crippen molar-refractivity contribution in [2.75, 3.05) is 11.5 Å². The molecule has 1 saturated heterocycles. The zero-order valence-corrected chi connectivity index (χ0v) is 15.5. The van der Waals surface area contributed by atoms with Gasteiger partial charge >= 0.3 is 0 Å². The highest BCUT2D eigenvalue weighted by Crippen LogP contribution is 2.53. The molecule has 2 bridgehead atoms. The molecule has 2 aliphatic carbocycles. The van der Waals surface area contributed by atoms with Crippen LogP contribution in [-0.4, -0.2) is 24.2 Å². The lowest BCUT2D eigenvalue weighted by Crippen LogP contribution is -2.33. The predicted molar refractivity (Wildman–Crippen MR) is 103 cm³/mol. The third-order valence-corrected chi connectivity index (χ3v) is 6.10. The number of para-hydroxylation sites is 2. The van der Waals surface area contributed by atoms with Gasteiger partial charge < -0.3 is 4.74 Å². The lowest BCUT2D eigenvalue weighted by molar-refractivity contribution is -0.123. The van der Waals surface area contributed by atoms with Crippen molar-refractivity contribution in [2.45, 2.75) is 6.42 Å². The van der Waals surface area contributed by atoms with Crippen molar-refractivity contribution in [3.63, 3.8) is 0 Å². The monoisotopic (exact) mass is 391 g/mol. The minimum atomic E-state index is -0.423. The van der Waals surface area contributed by atoms with E-state index in [0.29, 0.717) is 17.0 Å². The molecule has 2 amide bonds. The Bertz CT molecular complexity index is 1020. The molecule has 4 atom stereocenters. The Labute approximate surface area is 166 Å². The third-order valence-electron chi connectivity index (χ3n) is 6.10. The van der Waals surface area contributed by atoms with E-state index in [-0.39, 0.29) is 47.9 Å². The van der Waals surface area contributed by atoms with Gasteiger partial charge in [0.25, 0.3) is 0 Å². The molecular weight excluding hydrogens is 373 g/mol. The van der Waals surface area contributed by atoms with E-state index in [1.807, 2.05) is 12.2 Å². The average Bonchev–Trinajstić information content (AvgIpc) is 3.41. The Morgan fingerprint density at radius 3 is 2.24 bits per heavy atom. The van der Waals surface area contributed by atoms with Crippen molar-refractivity contribution in [1.29, 1.82) is 0 Å². The molecule has 2 aromatic rings. The second-order valence-electron chi connectivity index (χ2n) is 7.70. The molecule has 0 spiro atoms. The molecule has 2 fully saturated rings. The molecule has 0 unspecified atom stereocenters. The summed E-state index contributed by atoms with van der Waals surface area (Å²) in [5.74, 6) is -1.19. The van der Waals surface area contributed by atoms with Gasteiger partial charge in [0.2, 0.25) is 11.8 Å². The Morgan fingerprint density at radius 2 is 1.59 bits per heavy atom. The molecule has 6 heteroatoms. The fourth-order valence-electron chi connectivity index (χ4n) is 4.77. The number of benzene rings is 2. The van der Waals surface area contributed by atoms with Gasteiger partial charge in [-0.05, 0) is 54.7 Å². The lowest BCUT2D eigenvalue weighted by Gasteiger charge is -2.20. The molecule has 0 N–H and O–H groups in total. The quantitative estimate of drug-likeness (QED) is 0.445. The zero-order chi connectivity index (χ0) is 20.1. The van der Waals surface area contributed by atoms with Gasteiger partial charge in [-0.2, -0.15) is 0 Å². The van der Waals surface area contributed by atoms with Gasteiger partial charge in [-0.15, -0.1) is 0 Å². The number of hydrogen-bond donors (Lipinski definition) is 0. The van der Waals surface area contributed by atoms with Crippen molar-refractivity contribution in [1.82, 2.24) is 0 Å². The Morgan fingerprint density at radius 1 is 0.966 bits per heavy atom. The Hall–Kier alpha value is -3.28. The van der Waals surface area contributed by atoms with Crippen LogP contribution in [0.15, 0.2) is 60.7 Å². The molecule has 5 nitrogen and oxygen atoms in total. The van der Waals surface area contributed by atoms with Gasteiger partial charge in [0.1, 0.15) is 11.6 Å². The number of nitrogens with zero attached hydrogens (tertiary/aromatic N) is 1. The molecule has 29 heavy (non-hydrogen) atoms. The van der Waals surface area contributed by atoms with E-state index in [9.17, 15) is 18.8 Å². The van der Waals surface area contributed by atoms with Crippen LogP contribution in [0.3, 0.4) is 0 Å². The summed E-state index contributed by atoms with van der Waals surface area (Å²) in [6, 6.07) is 11.9. The van der Waals surface area contributed by atoms with Crippen LogP contribution in [0.5, 0.6) is 5.75 Å². The third kappa shape index (κ3) is 2.78. The van der Waals surface area contributed by atoms with Gasteiger partial charge in [0, 0.05) is 5.56 Å². The molecule has 0 radical (unpaired) electrons. The summed E-state index contributed by atoms with van der Waals surface area (Å²) in [6.45, 7) is -0.279. The smallest absolute Gasteiger partial charge is 0.238 e. The van der Waals surface area contributed by atoms with Gasteiger partial charge in [-0.25, -0.2) is 9.29 Å². The maximum atomic E-state index is 13.0. The minimum Gasteiger partial charge on any atom is -0.483 e. The first-order chi connectivity index (χ1) is 14.0. The van der Waals surface area contributed by atoms with E-state index >= 15 is 0 Å². The van der Waals surface area contributed by atoms with Crippen molar-refractivity contribution >= 4 is 23.3 Å². The molecular formula is C23H18FNO4. The topological polar surface area (TPSA) is 63.7 Å². The summed E-state index contributed by atoms with van der Waals surface area (Å²) in [6.07, 6.45) is 4.96. The second kappa shape index (κ2) is 6.65. The number of amides is 2. The highest BCUT2D eigenvalue weighted by molar-refractivity contribution is 6.23. The average molecular weight is 391 g/mol. The van der Waals surface area contributed by atoms with E-state index in [0.717, 1.165) is 6.42 Å². The van der Waals surface area contributed by atoms with Gasteiger partial charge in [0.15, 0.2) is 12.4 Å². The van der Waals surface area contributed by atoms with E-state index in [4.69, 9.17) is 4.74 Å². The van der Waals surface area contributed by atoms with Crippen LogP contribution in [0.25, 0.3) is 0 Å². The maximum Gasteiger partial charge on any atom is 0.238 e. The summed E-state index contributed by atoms with van der Waals surface area (Å²) in [7, 11) is 0. The number of ether oxygens (including phenoxy) is 1. The van der Waals surface area contributed by atoms with Gasteiger partial charge in [0.05, 0.1) is 17.5 Å². The number of Topliss-reactive ketones (excluding diaryl/α,β-unsaturated/α-hetero) is 1. The number of imide groups is 1. The molecule has 0 aromatic heterocycles. The fourth-order valence-corrected chi connectivity index (χ4v) is 4.77. The molecule has 2 aromatic carbocycles. The van der Waals surface area contributed by atoms with Gasteiger partial charge in [-0.1, -0.05) is 24.3 Å². The largest absolute Gasteiger partial charge is 0.483 e. The van der Waals surface area contributed by atoms with Crippen LogP contribution in [-0.2, 0) is 9.59 Å². The number of rotatable bonds is 5. The summed E-state index contributed by atoms with van der Waals surface area (Å²) in [4.78, 5) is 39.7. The Balaban J connectivity index is 1.38. The molecule has 1 heterocycles. The fraction of sp³-hybridized carbons (Fsp3) is 0.261. The van der Waals surface area contributed by atoms with E-state index in [1.165, 1.54) is 29.2 Å². The summed E-state index contributed by atoms with van der Waals surface area (Å²) in [5.41, 5.74) is 0.692. The van der Waals surface area contributed by atoms with Crippen LogP contribution in [0.2, 0.25) is 0 Å². The number of ketones is 1.